The van der Waals surface area contributed by atoms with Gasteiger partial charge in [-0.05, 0) is 59.3 Å². The van der Waals surface area contributed by atoms with Crippen LogP contribution in [-0.2, 0) is 12.6 Å². The lowest BCUT2D eigenvalue weighted by Crippen LogP contribution is -2.41. The van der Waals surface area contributed by atoms with Crippen molar-refractivity contribution < 1.29 is 27.5 Å². The Morgan fingerprint density at radius 2 is 1.56 bits per heavy atom. The van der Waals surface area contributed by atoms with Crippen LogP contribution in [0.2, 0.25) is 0 Å². The highest BCUT2D eigenvalue weighted by Gasteiger charge is 2.30. The summed E-state index contributed by atoms with van der Waals surface area (Å²) >= 11 is 0. The molecule has 4 rings (SSSR count). The van der Waals surface area contributed by atoms with Crippen molar-refractivity contribution in [3.63, 3.8) is 0 Å². The third-order valence-corrected chi connectivity index (χ3v) is 5.60. The van der Waals surface area contributed by atoms with E-state index in [0.29, 0.717) is 16.5 Å². The molecule has 0 aliphatic rings. The van der Waals surface area contributed by atoms with Crippen molar-refractivity contribution >= 4 is 16.7 Å². The second-order valence-electron chi connectivity index (χ2n) is 7.84. The molecule has 0 aliphatic carbocycles. The fourth-order valence-electron chi connectivity index (χ4n) is 3.82. The highest BCUT2D eigenvalue weighted by Crippen LogP contribution is 2.30. The van der Waals surface area contributed by atoms with E-state index >= 15 is 0 Å². The third-order valence-electron chi connectivity index (χ3n) is 5.60. The van der Waals surface area contributed by atoms with E-state index < -0.39 is 35.6 Å². The number of carbonyl (C=O) groups excluding carboxylic acids is 1. The molecule has 2 N–H and O–H groups in total. The largest absolute Gasteiger partial charge is 0.416 e. The van der Waals surface area contributed by atoms with Gasteiger partial charge in [-0.1, -0.05) is 36.4 Å². The lowest BCUT2D eigenvalue weighted by atomic mass is 9.95. The van der Waals surface area contributed by atoms with Gasteiger partial charge in [0.25, 0.3) is 5.91 Å². The molecule has 0 fully saturated rings. The van der Waals surface area contributed by atoms with E-state index in [4.69, 9.17) is 0 Å². The lowest BCUT2D eigenvalue weighted by molar-refractivity contribution is -0.137. The summed E-state index contributed by atoms with van der Waals surface area (Å²) in [4.78, 5) is 17.1. The van der Waals surface area contributed by atoms with E-state index in [1.807, 2.05) is 0 Å². The Kier molecular flexibility index (Phi) is 6.61. The Morgan fingerprint density at radius 3 is 2.21 bits per heavy atom. The Balaban J connectivity index is 1.65. The van der Waals surface area contributed by atoms with Crippen LogP contribution in [0.25, 0.3) is 10.8 Å². The first kappa shape index (κ1) is 23.4. The maximum atomic E-state index is 14.2. The SMILES string of the molecule is O=C(N[C@@H](Cc1ccc(C(F)(F)F)cc1)[C@@H](O)c1ccncc1)c1ccc(F)c2ccccc12. The maximum Gasteiger partial charge on any atom is 0.416 e. The number of rotatable bonds is 6. The van der Waals surface area contributed by atoms with Gasteiger partial charge < -0.3 is 10.4 Å². The number of aromatic nitrogens is 1. The van der Waals surface area contributed by atoms with Crippen LogP contribution < -0.4 is 5.32 Å². The van der Waals surface area contributed by atoms with Crippen molar-refractivity contribution in [2.24, 2.45) is 0 Å². The summed E-state index contributed by atoms with van der Waals surface area (Å²) in [6.07, 6.45) is -2.59. The average molecular weight is 468 g/mol. The summed E-state index contributed by atoms with van der Waals surface area (Å²) in [5, 5.41) is 14.5. The quantitative estimate of drug-likeness (QED) is 0.369. The van der Waals surface area contributed by atoms with Crippen LogP contribution in [-0.4, -0.2) is 22.0 Å². The molecule has 0 saturated heterocycles. The minimum atomic E-state index is -4.47. The Hall–Kier alpha value is -3.78. The standard InChI is InChI=1S/C26H20F4N2O2/c27-22-10-9-21(19-3-1-2-4-20(19)22)25(34)32-23(24(33)17-11-13-31-14-12-17)15-16-5-7-18(8-6-16)26(28,29)30/h1-14,23-24,33H,15H2,(H,32,34)/t23-,24-/m0/s1. The van der Waals surface area contributed by atoms with E-state index in [1.54, 1.807) is 36.4 Å². The van der Waals surface area contributed by atoms with Gasteiger partial charge in [-0.15, -0.1) is 0 Å². The molecule has 3 aromatic carbocycles. The molecule has 1 aromatic heterocycles. The summed E-state index contributed by atoms with van der Waals surface area (Å²) in [7, 11) is 0. The van der Waals surface area contributed by atoms with Crippen LogP contribution in [0.1, 0.15) is 33.2 Å². The minimum Gasteiger partial charge on any atom is -0.386 e. The van der Waals surface area contributed by atoms with Gasteiger partial charge in [0.05, 0.1) is 17.7 Å². The summed E-state index contributed by atoms with van der Waals surface area (Å²) in [5.74, 6) is -1.01. The first-order valence-corrected chi connectivity index (χ1v) is 10.5. The van der Waals surface area contributed by atoms with Crippen molar-refractivity contribution in [1.29, 1.82) is 0 Å². The number of halogens is 4. The number of nitrogens with zero attached hydrogens (tertiary/aromatic N) is 1. The first-order valence-electron chi connectivity index (χ1n) is 10.5. The highest BCUT2D eigenvalue weighted by atomic mass is 19.4. The smallest absolute Gasteiger partial charge is 0.386 e. The van der Waals surface area contributed by atoms with Crippen LogP contribution in [0.3, 0.4) is 0 Å². The van der Waals surface area contributed by atoms with Crippen LogP contribution >= 0.6 is 0 Å². The topological polar surface area (TPSA) is 62.2 Å². The zero-order chi connectivity index (χ0) is 24.3. The van der Waals surface area contributed by atoms with Gasteiger partial charge in [-0.25, -0.2) is 4.39 Å². The molecule has 0 unspecified atom stereocenters. The number of alkyl halides is 3. The van der Waals surface area contributed by atoms with Crippen LogP contribution in [0.15, 0.2) is 85.2 Å². The molecule has 174 valence electrons. The highest BCUT2D eigenvalue weighted by molar-refractivity contribution is 6.07. The van der Waals surface area contributed by atoms with Crippen LogP contribution in [0.5, 0.6) is 0 Å². The number of benzene rings is 3. The zero-order valence-corrected chi connectivity index (χ0v) is 17.8. The molecule has 0 bridgehead atoms. The van der Waals surface area contributed by atoms with Crippen molar-refractivity contribution in [2.75, 3.05) is 0 Å². The number of pyridine rings is 1. The molecule has 8 heteroatoms. The lowest BCUT2D eigenvalue weighted by Gasteiger charge is -2.25. The van der Waals surface area contributed by atoms with Crippen molar-refractivity contribution in [2.45, 2.75) is 24.7 Å². The summed E-state index contributed by atoms with van der Waals surface area (Å²) in [5.41, 5.74) is 0.409. The maximum absolute atomic E-state index is 14.2. The second-order valence-corrected chi connectivity index (χ2v) is 7.84. The molecular weight excluding hydrogens is 448 g/mol. The molecule has 4 aromatic rings. The van der Waals surface area contributed by atoms with Gasteiger partial charge in [0.2, 0.25) is 0 Å². The van der Waals surface area contributed by atoms with E-state index in [1.165, 1.54) is 36.7 Å². The molecule has 34 heavy (non-hydrogen) atoms. The second kappa shape index (κ2) is 9.61. The summed E-state index contributed by atoms with van der Waals surface area (Å²) < 4.78 is 52.9. The number of aliphatic hydroxyl groups excluding tert-OH is 1. The Labute approximate surface area is 192 Å². The van der Waals surface area contributed by atoms with Gasteiger partial charge in [-0.2, -0.15) is 13.2 Å². The van der Waals surface area contributed by atoms with E-state index in [2.05, 4.69) is 10.3 Å². The van der Waals surface area contributed by atoms with Crippen molar-refractivity contribution in [3.05, 3.63) is 113 Å². The molecule has 0 saturated carbocycles. The third kappa shape index (κ3) is 5.07. The zero-order valence-electron chi connectivity index (χ0n) is 17.8. The number of carbonyl (C=O) groups is 1. The van der Waals surface area contributed by atoms with Gasteiger partial charge in [0, 0.05) is 23.3 Å². The molecule has 0 radical (unpaired) electrons. The molecule has 2 atom stereocenters. The molecule has 4 nitrogen and oxygen atoms in total. The number of amides is 1. The molecule has 1 heterocycles. The number of aliphatic hydroxyl groups is 1. The predicted molar refractivity (Wildman–Crippen MR) is 120 cm³/mol. The number of nitrogens with one attached hydrogen (secondary N) is 1. The molecule has 0 aliphatic heterocycles. The minimum absolute atomic E-state index is 0.0620. The summed E-state index contributed by atoms with van der Waals surface area (Å²) in [6.45, 7) is 0. The van der Waals surface area contributed by atoms with E-state index in [9.17, 15) is 27.5 Å². The molecule has 0 spiro atoms. The van der Waals surface area contributed by atoms with Gasteiger partial charge in [0.1, 0.15) is 5.82 Å². The molecular formula is C26H20F4N2O2. The van der Waals surface area contributed by atoms with Gasteiger partial charge in [0.15, 0.2) is 0 Å². The van der Waals surface area contributed by atoms with Gasteiger partial charge >= 0.3 is 6.18 Å². The predicted octanol–water partition coefficient (Wildman–Crippen LogP) is 5.47. The first-order chi connectivity index (χ1) is 16.2. The number of fused-ring (bicyclic) bond motifs is 1. The van der Waals surface area contributed by atoms with E-state index in [0.717, 1.165) is 12.1 Å². The van der Waals surface area contributed by atoms with Crippen LogP contribution in [0.4, 0.5) is 17.6 Å². The van der Waals surface area contributed by atoms with E-state index in [-0.39, 0.29) is 17.4 Å². The Bertz CT molecular complexity index is 1290. The number of hydrogen-bond donors (Lipinski definition) is 2. The van der Waals surface area contributed by atoms with Crippen molar-refractivity contribution in [1.82, 2.24) is 10.3 Å². The fourth-order valence-corrected chi connectivity index (χ4v) is 3.82. The normalized spacial score (nSPS) is 13.4. The number of hydrogen-bond acceptors (Lipinski definition) is 3. The van der Waals surface area contributed by atoms with Gasteiger partial charge in [-0.3, -0.25) is 9.78 Å². The monoisotopic (exact) mass is 468 g/mol. The average Bonchev–Trinajstić information content (AvgIpc) is 2.84. The Morgan fingerprint density at radius 1 is 0.912 bits per heavy atom. The fraction of sp³-hybridized carbons (Fsp3) is 0.154. The molecule has 1 amide bonds. The van der Waals surface area contributed by atoms with Crippen LogP contribution in [0, 0.1) is 5.82 Å². The summed E-state index contributed by atoms with van der Waals surface area (Å²) in [6, 6.07) is 15.9. The van der Waals surface area contributed by atoms with Crippen molar-refractivity contribution in [3.8, 4) is 0 Å².